The highest BCUT2D eigenvalue weighted by Crippen LogP contribution is 2.48. The summed E-state index contributed by atoms with van der Waals surface area (Å²) in [6, 6.07) is 0. The molecule has 1 spiro atoms. The zero-order chi connectivity index (χ0) is 29.5. The van der Waals surface area contributed by atoms with Crippen LogP contribution in [-0.2, 0) is 18.9 Å². The summed E-state index contributed by atoms with van der Waals surface area (Å²) in [5.41, 5.74) is 0.925. The lowest BCUT2D eigenvalue weighted by Gasteiger charge is -2.51. The molecule has 10 atom stereocenters. The van der Waals surface area contributed by atoms with Crippen LogP contribution in [0.2, 0.25) is 0 Å². The topological polar surface area (TPSA) is 110 Å². The Kier molecular flexibility index (Phi) is 8.89. The number of aliphatic hydroxyl groups excluding tert-OH is 1. The van der Waals surface area contributed by atoms with Crippen molar-refractivity contribution in [1.29, 1.82) is 0 Å². The third-order valence-corrected chi connectivity index (χ3v) is 9.78. The molecule has 228 valence electrons. The summed E-state index contributed by atoms with van der Waals surface area (Å²) in [6.45, 7) is 12.9. The molecule has 5 rings (SSSR count). The predicted octanol–water partition coefficient (Wildman–Crippen LogP) is 5.43. The molecule has 0 unspecified atom stereocenters. The number of oxime groups is 1. The number of aliphatic hydroxyl groups is 2. The average molecular weight is 572 g/mol. The molecule has 0 radical (unpaired) electrons. The van der Waals surface area contributed by atoms with Crippen LogP contribution >= 0.6 is 0 Å². The highest BCUT2D eigenvalue weighted by Gasteiger charge is 2.59. The number of ether oxygens (including phenoxy) is 4. The molecule has 1 aliphatic carbocycles. The number of hydrogen-bond donors (Lipinski definition) is 3. The van der Waals surface area contributed by atoms with Crippen molar-refractivity contribution in [1.82, 2.24) is 0 Å². The number of allylic oxidation sites excluding steroid dienone is 4. The largest absolute Gasteiger partial charge is 0.475 e. The van der Waals surface area contributed by atoms with E-state index >= 15 is 0 Å². The van der Waals surface area contributed by atoms with Gasteiger partial charge >= 0.3 is 0 Å². The number of hydrogen-bond acceptors (Lipinski definition) is 8. The Balaban J connectivity index is 1.54. The van der Waals surface area contributed by atoms with E-state index in [9.17, 15) is 15.4 Å². The van der Waals surface area contributed by atoms with Crippen LogP contribution in [0.1, 0.15) is 80.1 Å². The summed E-state index contributed by atoms with van der Waals surface area (Å²) in [7, 11) is 0. The monoisotopic (exact) mass is 571 g/mol. The van der Waals surface area contributed by atoms with E-state index in [2.05, 4.69) is 51.9 Å². The molecule has 3 N–H and O–H groups in total. The van der Waals surface area contributed by atoms with Crippen molar-refractivity contribution in [2.24, 2.45) is 28.8 Å². The molecule has 0 aromatic rings. The molecule has 8 nitrogen and oxygen atoms in total. The van der Waals surface area contributed by atoms with E-state index in [0.717, 1.165) is 25.7 Å². The quantitative estimate of drug-likeness (QED) is 0.219. The van der Waals surface area contributed by atoms with Gasteiger partial charge in [-0.15, -0.1) is 0 Å². The van der Waals surface area contributed by atoms with E-state index < -0.39 is 29.5 Å². The summed E-state index contributed by atoms with van der Waals surface area (Å²) in [5, 5.41) is 37.1. The molecule has 2 bridgehead atoms. The third kappa shape index (κ3) is 5.96. The van der Waals surface area contributed by atoms with Gasteiger partial charge in [-0.25, -0.2) is 0 Å². The van der Waals surface area contributed by atoms with Gasteiger partial charge in [-0.2, -0.15) is 0 Å². The molecule has 8 heteroatoms. The zero-order valence-corrected chi connectivity index (χ0v) is 25.5. The average Bonchev–Trinajstić information content (AvgIpc) is 3.26. The second kappa shape index (κ2) is 12.0. The van der Waals surface area contributed by atoms with Crippen LogP contribution in [0.3, 0.4) is 0 Å². The second-order valence-corrected chi connectivity index (χ2v) is 13.5. The molecule has 4 aliphatic heterocycles. The fraction of sp³-hybridized carbons (Fsp3) is 0.727. The third-order valence-electron chi connectivity index (χ3n) is 9.78. The molecule has 0 amide bonds. The Morgan fingerprint density at radius 2 is 1.90 bits per heavy atom. The number of fused-ring (bicyclic) bond motifs is 2. The molecule has 0 saturated carbocycles. The minimum atomic E-state index is -1.62. The van der Waals surface area contributed by atoms with Gasteiger partial charge in [-0.05, 0) is 62.0 Å². The first-order valence-corrected chi connectivity index (χ1v) is 15.4. The van der Waals surface area contributed by atoms with Gasteiger partial charge < -0.3 is 34.4 Å². The van der Waals surface area contributed by atoms with Crippen LogP contribution in [0.15, 0.2) is 52.3 Å². The van der Waals surface area contributed by atoms with Crippen molar-refractivity contribution >= 4 is 5.90 Å². The molecule has 0 aromatic carbocycles. The number of rotatable bonds is 1. The first kappa shape index (κ1) is 30.5. The first-order chi connectivity index (χ1) is 19.5. The molecular weight excluding hydrogens is 522 g/mol. The second-order valence-electron chi connectivity index (χ2n) is 13.5. The molecule has 4 heterocycles. The molecule has 5 aliphatic rings. The smallest absolute Gasteiger partial charge is 0.236 e. The van der Waals surface area contributed by atoms with E-state index in [4.69, 9.17) is 18.9 Å². The maximum Gasteiger partial charge on any atom is 0.236 e. The summed E-state index contributed by atoms with van der Waals surface area (Å²) >= 11 is 0. The van der Waals surface area contributed by atoms with E-state index in [-0.39, 0.29) is 36.7 Å². The van der Waals surface area contributed by atoms with Gasteiger partial charge in [0, 0.05) is 19.3 Å². The van der Waals surface area contributed by atoms with Crippen LogP contribution in [0.25, 0.3) is 0 Å². The fourth-order valence-electron chi connectivity index (χ4n) is 7.59. The van der Waals surface area contributed by atoms with Crippen LogP contribution in [0, 0.1) is 23.7 Å². The van der Waals surface area contributed by atoms with Crippen LogP contribution in [0.4, 0.5) is 0 Å². The highest BCUT2D eigenvalue weighted by molar-refractivity contribution is 5.83. The van der Waals surface area contributed by atoms with E-state index in [1.807, 2.05) is 12.2 Å². The van der Waals surface area contributed by atoms with Gasteiger partial charge in [-0.1, -0.05) is 68.8 Å². The van der Waals surface area contributed by atoms with Crippen LogP contribution in [0.5, 0.6) is 0 Å². The SMILES string of the molecule is CC1=C[C@H]2/C(=N\O)O[C@H]3C[C@@H](C/C=C(\C)C[C@@H](C)/C=C/C=C4\CO[C@H]([C@@H]1O)[C@@]42O)O[C@@]1(CC[C@H](C)[C@@H](C(C)C)O1)C3. The van der Waals surface area contributed by atoms with Crippen LogP contribution in [-0.4, -0.2) is 69.8 Å². The Labute approximate surface area is 244 Å². The zero-order valence-electron chi connectivity index (χ0n) is 25.5. The van der Waals surface area contributed by atoms with E-state index in [1.165, 1.54) is 5.57 Å². The highest BCUT2D eigenvalue weighted by atomic mass is 16.7. The summed E-state index contributed by atoms with van der Waals surface area (Å²) < 4.78 is 26.1. The van der Waals surface area contributed by atoms with Gasteiger partial charge in [-0.3, -0.25) is 0 Å². The van der Waals surface area contributed by atoms with Crippen molar-refractivity contribution in [3.8, 4) is 0 Å². The molecule has 41 heavy (non-hydrogen) atoms. The standard InChI is InChI=1S/C33H49NO7/c1-19(2)29-22(5)12-13-32(41-29)17-26-16-25(40-32)11-10-21(4)14-20(3)8-7-9-24-18-38-30-28(35)23(6)15-27(33(24,30)36)31(34-37)39-26/h7-10,15,19-20,22,25-30,35-37H,11-14,16-18H2,1-6H3/b8-7+,21-10+,24-9+,34-31+/t20-,22-,25+,26-,27-,28+,29+,30+,32+,33+/m0/s1. The maximum absolute atomic E-state index is 12.2. The summed E-state index contributed by atoms with van der Waals surface area (Å²) in [6.07, 6.45) is 12.2. The summed E-state index contributed by atoms with van der Waals surface area (Å²) in [5.74, 6) is -0.527. The lowest BCUT2D eigenvalue weighted by Crippen LogP contribution is -2.58. The minimum absolute atomic E-state index is 0.0155. The first-order valence-electron chi connectivity index (χ1n) is 15.4. The van der Waals surface area contributed by atoms with Gasteiger partial charge in [0.15, 0.2) is 5.79 Å². The van der Waals surface area contributed by atoms with E-state index in [0.29, 0.717) is 35.8 Å². The molecule has 0 aromatic heterocycles. The maximum atomic E-state index is 12.2. The Bertz CT molecular complexity index is 1120. The van der Waals surface area contributed by atoms with Gasteiger partial charge in [0.1, 0.15) is 23.9 Å². The summed E-state index contributed by atoms with van der Waals surface area (Å²) in [4.78, 5) is 0. The van der Waals surface area contributed by atoms with Gasteiger partial charge in [0.2, 0.25) is 5.90 Å². The van der Waals surface area contributed by atoms with Crippen molar-refractivity contribution in [3.63, 3.8) is 0 Å². The van der Waals surface area contributed by atoms with Crippen molar-refractivity contribution in [2.45, 2.75) is 122 Å². The molecule has 3 saturated heterocycles. The minimum Gasteiger partial charge on any atom is -0.475 e. The fourth-order valence-corrected chi connectivity index (χ4v) is 7.59. The van der Waals surface area contributed by atoms with Crippen LogP contribution < -0.4 is 0 Å². The van der Waals surface area contributed by atoms with Crippen molar-refractivity contribution < 1.29 is 34.4 Å². The van der Waals surface area contributed by atoms with Crippen molar-refractivity contribution in [3.05, 3.63) is 47.1 Å². The lowest BCUT2D eigenvalue weighted by atomic mass is 9.70. The molecule has 3 fully saturated rings. The van der Waals surface area contributed by atoms with Crippen molar-refractivity contribution in [2.75, 3.05) is 6.61 Å². The Morgan fingerprint density at radius 3 is 2.63 bits per heavy atom. The number of nitrogens with zero attached hydrogens (tertiary/aromatic N) is 1. The Morgan fingerprint density at radius 1 is 1.12 bits per heavy atom. The van der Waals surface area contributed by atoms with Gasteiger partial charge in [0.25, 0.3) is 0 Å². The Hall–Kier alpha value is -1.97. The lowest BCUT2D eigenvalue weighted by molar-refractivity contribution is -0.338. The normalized spacial score (nSPS) is 48.0. The molecular formula is C33H49NO7. The predicted molar refractivity (Wildman–Crippen MR) is 156 cm³/mol. The van der Waals surface area contributed by atoms with E-state index in [1.54, 1.807) is 13.0 Å². The van der Waals surface area contributed by atoms with Gasteiger partial charge in [0.05, 0.1) is 24.7 Å².